The summed E-state index contributed by atoms with van der Waals surface area (Å²) in [7, 11) is 0. The number of esters is 1. The van der Waals surface area contributed by atoms with E-state index in [4.69, 9.17) is 20.9 Å². The van der Waals surface area contributed by atoms with Crippen LogP contribution in [0.3, 0.4) is 0 Å². The molecule has 0 aliphatic carbocycles. The zero-order valence-corrected chi connectivity index (χ0v) is 23.8. The molecule has 0 saturated heterocycles. The van der Waals surface area contributed by atoms with Gasteiger partial charge in [0.25, 0.3) is 0 Å². The molecule has 37 heavy (non-hydrogen) atoms. The minimum Gasteiger partial charge on any atom is -0.598 e. The fraction of sp³-hybridized carbons (Fsp3) is 0.393. The highest BCUT2D eigenvalue weighted by Gasteiger charge is 2.36. The van der Waals surface area contributed by atoms with Gasteiger partial charge in [-0.15, -0.1) is 4.72 Å². The van der Waals surface area contributed by atoms with Crippen molar-refractivity contribution in [3.8, 4) is 11.1 Å². The zero-order chi connectivity index (χ0) is 27.5. The van der Waals surface area contributed by atoms with Crippen molar-refractivity contribution in [2.75, 3.05) is 0 Å². The summed E-state index contributed by atoms with van der Waals surface area (Å²) in [4.78, 5) is 26.3. The van der Waals surface area contributed by atoms with Crippen molar-refractivity contribution >= 4 is 34.7 Å². The highest BCUT2D eigenvalue weighted by molar-refractivity contribution is 7.90. The van der Waals surface area contributed by atoms with Crippen LogP contribution in [0.2, 0.25) is 5.02 Å². The normalized spacial score (nSPS) is 13.8. The van der Waals surface area contributed by atoms with Crippen molar-refractivity contribution in [3.63, 3.8) is 0 Å². The molecule has 3 aromatic rings. The molecule has 7 nitrogen and oxygen atoms in total. The van der Waals surface area contributed by atoms with Crippen LogP contribution in [0.5, 0.6) is 0 Å². The largest absolute Gasteiger partial charge is 0.598 e. The summed E-state index contributed by atoms with van der Waals surface area (Å²) in [6.07, 6.45) is -0.145. The highest BCUT2D eigenvalue weighted by Crippen LogP contribution is 2.37. The van der Waals surface area contributed by atoms with E-state index >= 15 is 0 Å². The lowest BCUT2D eigenvalue weighted by Gasteiger charge is -2.28. The number of ketones is 1. The molecule has 2 aromatic carbocycles. The Labute approximate surface area is 226 Å². The average Bonchev–Trinajstić information content (AvgIpc) is 3.18. The number of carbonyl (C=O) groups is 2. The van der Waals surface area contributed by atoms with Crippen molar-refractivity contribution in [1.82, 2.24) is 9.88 Å². The van der Waals surface area contributed by atoms with Gasteiger partial charge in [0.2, 0.25) is 0 Å². The van der Waals surface area contributed by atoms with E-state index in [1.54, 1.807) is 70.2 Å². The van der Waals surface area contributed by atoms with Gasteiger partial charge in [0, 0.05) is 27.5 Å². The van der Waals surface area contributed by atoms with Crippen molar-refractivity contribution < 1.29 is 23.4 Å². The van der Waals surface area contributed by atoms with Crippen LogP contribution < -0.4 is 4.72 Å². The maximum atomic E-state index is 13.5. The monoisotopic (exact) mass is 544 g/mol. The van der Waals surface area contributed by atoms with Gasteiger partial charge in [0.1, 0.15) is 16.4 Å². The Morgan fingerprint density at radius 3 is 2.30 bits per heavy atom. The Morgan fingerprint density at radius 1 is 1.08 bits per heavy atom. The molecule has 0 amide bonds. The Kier molecular flexibility index (Phi) is 8.90. The molecular weight excluding hydrogens is 512 g/mol. The number of benzene rings is 2. The first-order valence-electron chi connectivity index (χ1n) is 11.9. The van der Waals surface area contributed by atoms with Gasteiger partial charge in [-0.05, 0) is 78.3 Å². The van der Waals surface area contributed by atoms with E-state index in [2.05, 4.69) is 9.88 Å². The Balaban J connectivity index is 2.09. The van der Waals surface area contributed by atoms with Crippen molar-refractivity contribution in [2.45, 2.75) is 71.3 Å². The number of nitrogens with one attached hydrogen (secondary N) is 1. The van der Waals surface area contributed by atoms with Crippen LogP contribution in [0.4, 0.5) is 0 Å². The lowest BCUT2D eigenvalue weighted by Crippen LogP contribution is -2.42. The second kappa shape index (κ2) is 11.4. The predicted molar refractivity (Wildman–Crippen MR) is 146 cm³/mol. The van der Waals surface area contributed by atoms with E-state index in [1.165, 1.54) is 0 Å². The number of hydrogen-bond donors (Lipinski definition) is 1. The Hall–Kier alpha value is -2.65. The molecule has 198 valence electrons. The molecule has 3 rings (SSSR count). The van der Waals surface area contributed by atoms with Crippen LogP contribution >= 0.6 is 11.6 Å². The second-order valence-electron chi connectivity index (χ2n) is 10.7. The number of nitrogens with zero attached hydrogens (tertiary/aromatic N) is 1. The van der Waals surface area contributed by atoms with E-state index in [9.17, 15) is 14.1 Å². The molecule has 9 heteroatoms. The lowest BCUT2D eigenvalue weighted by atomic mass is 9.91. The van der Waals surface area contributed by atoms with Crippen molar-refractivity contribution in [3.05, 3.63) is 76.1 Å². The number of rotatable bonds is 8. The molecule has 0 aliphatic rings. The van der Waals surface area contributed by atoms with Crippen LogP contribution in [-0.2, 0) is 20.9 Å². The molecule has 0 fully saturated rings. The topological polar surface area (TPSA) is 104 Å². The summed E-state index contributed by atoms with van der Waals surface area (Å²) in [6.45, 7) is 12.6. The third kappa shape index (κ3) is 7.45. The zero-order valence-electron chi connectivity index (χ0n) is 22.2. The summed E-state index contributed by atoms with van der Waals surface area (Å²) in [5.41, 5.74) is 1.90. The van der Waals surface area contributed by atoms with Crippen LogP contribution in [-0.4, -0.2) is 31.8 Å². The number of aromatic nitrogens is 1. The fourth-order valence-electron chi connectivity index (χ4n) is 3.65. The predicted octanol–water partition coefficient (Wildman–Crippen LogP) is 6.36. The van der Waals surface area contributed by atoms with E-state index in [0.717, 1.165) is 0 Å². The standard InChI is InChI=1S/C28H33ClN2O5S/c1-17-24(20-10-8-9-11-21(20)25(33)18-12-14-19(29)15-13-18)26(36-30-17)22(31-37(34)28(5,6)7)16-23(32)35-27(2,3)4/h8-15,22,31H,16H2,1-7H3/t22-,37+/m0/s1. The van der Waals surface area contributed by atoms with Gasteiger partial charge in [-0.25, -0.2) is 0 Å². The summed E-state index contributed by atoms with van der Waals surface area (Å²) in [6, 6.07) is 13.0. The van der Waals surface area contributed by atoms with E-state index in [0.29, 0.717) is 38.7 Å². The first kappa shape index (κ1) is 28.9. The molecule has 0 bridgehead atoms. The van der Waals surface area contributed by atoms with Gasteiger partial charge in [-0.3, -0.25) is 9.59 Å². The van der Waals surface area contributed by atoms with Crippen LogP contribution in [0.25, 0.3) is 11.1 Å². The molecule has 1 heterocycles. The first-order chi connectivity index (χ1) is 17.2. The molecule has 0 unspecified atom stereocenters. The Bertz CT molecular complexity index is 1260. The van der Waals surface area contributed by atoms with E-state index in [1.807, 2.05) is 26.8 Å². The van der Waals surface area contributed by atoms with Crippen LogP contribution in [0, 0.1) is 6.92 Å². The van der Waals surface area contributed by atoms with Crippen molar-refractivity contribution in [1.29, 1.82) is 0 Å². The van der Waals surface area contributed by atoms with Gasteiger partial charge in [-0.2, -0.15) is 0 Å². The summed E-state index contributed by atoms with van der Waals surface area (Å²) in [5, 5.41) is 4.69. The van der Waals surface area contributed by atoms with Crippen molar-refractivity contribution in [2.24, 2.45) is 0 Å². The maximum Gasteiger partial charge on any atom is 0.308 e. The number of carbonyl (C=O) groups excluding carboxylic acids is 2. The molecule has 2 atom stereocenters. The Morgan fingerprint density at radius 2 is 1.70 bits per heavy atom. The SMILES string of the molecule is Cc1noc([C@H](CC(=O)OC(C)(C)C)N[S@+]([O-])C(C)(C)C)c1-c1ccccc1C(=O)c1ccc(Cl)cc1. The van der Waals surface area contributed by atoms with Gasteiger partial charge in [0.15, 0.2) is 11.5 Å². The van der Waals surface area contributed by atoms with E-state index < -0.39 is 33.7 Å². The molecular formula is C28H33ClN2O5S. The maximum absolute atomic E-state index is 13.5. The minimum atomic E-state index is -1.53. The average molecular weight is 545 g/mol. The number of hydrogen-bond acceptors (Lipinski definition) is 7. The first-order valence-corrected chi connectivity index (χ1v) is 13.5. The summed E-state index contributed by atoms with van der Waals surface area (Å²) >= 11 is 4.47. The minimum absolute atomic E-state index is 0.145. The molecule has 0 radical (unpaired) electrons. The molecule has 0 saturated carbocycles. The number of aryl methyl sites for hydroxylation is 1. The third-order valence-electron chi connectivity index (χ3n) is 5.35. The molecule has 0 aliphatic heterocycles. The quantitative estimate of drug-likeness (QED) is 0.200. The van der Waals surface area contributed by atoms with Crippen LogP contribution in [0.15, 0.2) is 53.1 Å². The number of ether oxygens (including phenoxy) is 1. The smallest absolute Gasteiger partial charge is 0.308 e. The molecule has 1 N–H and O–H groups in total. The highest BCUT2D eigenvalue weighted by atomic mass is 35.5. The lowest BCUT2D eigenvalue weighted by molar-refractivity contribution is -0.155. The van der Waals surface area contributed by atoms with Gasteiger partial charge in [-0.1, -0.05) is 41.0 Å². The summed E-state index contributed by atoms with van der Waals surface area (Å²) < 4.78 is 26.8. The number of halogens is 1. The molecule has 0 spiro atoms. The van der Waals surface area contributed by atoms with E-state index in [-0.39, 0.29) is 12.2 Å². The van der Waals surface area contributed by atoms with Gasteiger partial charge >= 0.3 is 5.97 Å². The van der Waals surface area contributed by atoms with Gasteiger partial charge < -0.3 is 13.8 Å². The third-order valence-corrected chi connectivity index (χ3v) is 7.21. The van der Waals surface area contributed by atoms with Crippen LogP contribution in [0.1, 0.15) is 81.4 Å². The second-order valence-corrected chi connectivity index (χ2v) is 13.2. The fourth-order valence-corrected chi connectivity index (χ4v) is 4.58. The molecule has 1 aromatic heterocycles. The van der Waals surface area contributed by atoms with Gasteiger partial charge in [0.05, 0.1) is 17.7 Å². The summed E-state index contributed by atoms with van der Waals surface area (Å²) in [5.74, 6) is -0.382.